The molecule has 0 radical (unpaired) electrons. The van der Waals surface area contributed by atoms with E-state index in [1.807, 2.05) is 23.6 Å². The third-order valence-corrected chi connectivity index (χ3v) is 8.93. The molecule has 1 aromatic heterocycles. The number of allylic oxidation sites excluding steroid dienone is 2. The second-order valence-electron chi connectivity index (χ2n) is 10.3. The number of halogens is 1. The number of rotatable bonds is 9. The predicted octanol–water partition coefficient (Wildman–Crippen LogP) is 6.48. The van der Waals surface area contributed by atoms with Gasteiger partial charge in [0.05, 0.1) is 31.1 Å². The molecule has 5 nitrogen and oxygen atoms in total. The molecule has 0 bridgehead atoms. The minimum Gasteiger partial charge on any atom is -0.505 e. The number of benzene rings is 1. The number of aromatic hydroxyl groups is 1. The number of fused-ring (bicyclic) bond motifs is 3. The predicted molar refractivity (Wildman–Crippen MR) is 142 cm³/mol. The Balaban J connectivity index is 1.35. The minimum absolute atomic E-state index is 0.0307. The van der Waals surface area contributed by atoms with Crippen molar-refractivity contribution < 1.29 is 23.8 Å². The van der Waals surface area contributed by atoms with Gasteiger partial charge in [0.2, 0.25) is 11.8 Å². The van der Waals surface area contributed by atoms with Gasteiger partial charge in [0, 0.05) is 10.8 Å². The summed E-state index contributed by atoms with van der Waals surface area (Å²) in [6, 6.07) is 8.36. The fourth-order valence-corrected chi connectivity index (χ4v) is 7.00. The second kappa shape index (κ2) is 10.9. The summed E-state index contributed by atoms with van der Waals surface area (Å²) in [7, 11) is 0. The fraction of sp³-hybridized carbons (Fsp3) is 0.467. The number of ether oxygens (including phenoxy) is 1. The molecule has 2 fully saturated rings. The number of phenols is 1. The summed E-state index contributed by atoms with van der Waals surface area (Å²) in [6.07, 6.45) is 6.90. The largest absolute Gasteiger partial charge is 0.505 e. The highest BCUT2D eigenvalue weighted by atomic mass is 32.1. The van der Waals surface area contributed by atoms with Gasteiger partial charge in [-0.05, 0) is 66.8 Å². The van der Waals surface area contributed by atoms with Gasteiger partial charge in [-0.1, -0.05) is 49.6 Å². The molecular weight excluding hydrogens is 489 g/mol. The van der Waals surface area contributed by atoms with Crippen molar-refractivity contribution in [2.24, 2.45) is 17.8 Å². The van der Waals surface area contributed by atoms with Crippen LogP contribution < -0.4 is 0 Å². The van der Waals surface area contributed by atoms with Crippen LogP contribution in [0, 0.1) is 23.6 Å². The van der Waals surface area contributed by atoms with Crippen LogP contribution in [0.4, 0.5) is 4.39 Å². The van der Waals surface area contributed by atoms with Gasteiger partial charge < -0.3 is 9.84 Å². The van der Waals surface area contributed by atoms with Gasteiger partial charge in [-0.25, -0.2) is 4.39 Å². The molecule has 3 heterocycles. The number of hydrogen-bond donors (Lipinski definition) is 1. The van der Waals surface area contributed by atoms with Gasteiger partial charge in [0.25, 0.3) is 0 Å². The molecule has 2 saturated heterocycles. The number of amides is 2. The molecule has 0 saturated carbocycles. The zero-order valence-corrected chi connectivity index (χ0v) is 22.2. The highest BCUT2D eigenvalue weighted by Crippen LogP contribution is 2.51. The lowest BCUT2D eigenvalue weighted by atomic mass is 9.68. The van der Waals surface area contributed by atoms with E-state index in [1.165, 1.54) is 33.8 Å². The van der Waals surface area contributed by atoms with E-state index >= 15 is 0 Å². The van der Waals surface area contributed by atoms with Crippen LogP contribution in [0.2, 0.25) is 0 Å². The Hall–Kier alpha value is -2.77. The average molecular weight is 524 g/mol. The number of carbonyl (C=O) groups excluding carboxylic acids is 2. The number of phenolic OH excluding ortho intramolecular Hbond substituents is 1. The van der Waals surface area contributed by atoms with Crippen LogP contribution in [-0.2, 0) is 20.9 Å². The smallest absolute Gasteiger partial charge is 0.234 e. The monoisotopic (exact) mass is 523 g/mol. The van der Waals surface area contributed by atoms with Crippen LogP contribution in [0.3, 0.4) is 0 Å². The molecule has 2 amide bonds. The molecule has 1 N–H and O–H groups in total. The molecule has 1 aliphatic carbocycles. The first-order valence-electron chi connectivity index (χ1n) is 13.3. The zero-order chi connectivity index (χ0) is 26.1. The SMILES string of the molecule is CCCC1=C2[C@@H](CC/C(=C/c3ccc(O)c(F)c3)CC)OC[C@@H]2[C@@H]2C(=O)N(Cc3cccs3)C(=O)[C@@H]2C1. The van der Waals surface area contributed by atoms with Crippen LogP contribution in [-0.4, -0.2) is 34.5 Å². The van der Waals surface area contributed by atoms with Crippen LogP contribution in [0.1, 0.15) is 62.8 Å². The summed E-state index contributed by atoms with van der Waals surface area (Å²) in [5, 5.41) is 11.4. The number of likely N-dealkylation sites (tertiary alicyclic amines) is 1. The fourth-order valence-electron chi connectivity index (χ4n) is 6.31. The van der Waals surface area contributed by atoms with Crippen molar-refractivity contribution in [3.8, 4) is 5.75 Å². The molecule has 7 heteroatoms. The van der Waals surface area contributed by atoms with E-state index in [-0.39, 0.29) is 41.4 Å². The van der Waals surface area contributed by atoms with Gasteiger partial charge in [0.1, 0.15) is 0 Å². The van der Waals surface area contributed by atoms with Crippen LogP contribution in [0.5, 0.6) is 5.75 Å². The Labute approximate surface area is 221 Å². The van der Waals surface area contributed by atoms with Gasteiger partial charge in [-0.2, -0.15) is 0 Å². The van der Waals surface area contributed by atoms with E-state index in [4.69, 9.17) is 4.74 Å². The molecule has 4 atom stereocenters. The van der Waals surface area contributed by atoms with Gasteiger partial charge >= 0.3 is 0 Å². The maximum absolute atomic E-state index is 13.8. The van der Waals surface area contributed by atoms with E-state index in [9.17, 15) is 19.1 Å². The molecule has 196 valence electrons. The van der Waals surface area contributed by atoms with Crippen molar-refractivity contribution >= 4 is 29.2 Å². The quantitative estimate of drug-likeness (QED) is 0.302. The van der Waals surface area contributed by atoms with E-state index in [2.05, 4.69) is 13.8 Å². The van der Waals surface area contributed by atoms with Gasteiger partial charge in [0.15, 0.2) is 11.6 Å². The van der Waals surface area contributed by atoms with Gasteiger partial charge in [-0.15, -0.1) is 11.3 Å². The third-order valence-electron chi connectivity index (χ3n) is 8.07. The second-order valence-corrected chi connectivity index (χ2v) is 11.4. The summed E-state index contributed by atoms with van der Waals surface area (Å²) < 4.78 is 20.1. The van der Waals surface area contributed by atoms with Gasteiger partial charge in [-0.3, -0.25) is 14.5 Å². The Morgan fingerprint density at radius 3 is 2.76 bits per heavy atom. The Morgan fingerprint density at radius 1 is 1.22 bits per heavy atom. The molecule has 0 unspecified atom stereocenters. The molecule has 3 aliphatic rings. The summed E-state index contributed by atoms with van der Waals surface area (Å²) in [5.74, 6) is -1.68. The van der Waals surface area contributed by atoms with Crippen molar-refractivity contribution in [3.63, 3.8) is 0 Å². The van der Waals surface area contributed by atoms with Crippen LogP contribution >= 0.6 is 11.3 Å². The molecule has 1 aromatic carbocycles. The van der Waals surface area contributed by atoms with E-state index < -0.39 is 5.82 Å². The Kier molecular flexibility index (Phi) is 7.63. The van der Waals surface area contributed by atoms with Crippen molar-refractivity contribution in [2.45, 2.75) is 65.0 Å². The molecule has 0 spiro atoms. The maximum atomic E-state index is 13.8. The number of thiophene rings is 1. The Morgan fingerprint density at radius 2 is 2.05 bits per heavy atom. The van der Waals surface area contributed by atoms with Crippen molar-refractivity contribution in [2.75, 3.05) is 6.61 Å². The number of carbonyl (C=O) groups is 2. The number of imide groups is 1. The number of hydrogen-bond acceptors (Lipinski definition) is 5. The van der Waals surface area contributed by atoms with Crippen molar-refractivity contribution in [1.29, 1.82) is 0 Å². The van der Waals surface area contributed by atoms with E-state index in [0.717, 1.165) is 42.5 Å². The average Bonchev–Trinajstić information content (AvgIpc) is 3.61. The third kappa shape index (κ3) is 5.04. The van der Waals surface area contributed by atoms with E-state index in [0.29, 0.717) is 19.6 Å². The first-order chi connectivity index (χ1) is 17.9. The highest BCUT2D eigenvalue weighted by molar-refractivity contribution is 7.09. The summed E-state index contributed by atoms with van der Waals surface area (Å²) >= 11 is 1.57. The van der Waals surface area contributed by atoms with Crippen LogP contribution in [0.15, 0.2) is 52.4 Å². The topological polar surface area (TPSA) is 66.8 Å². The normalized spacial score (nSPS) is 25.7. The minimum atomic E-state index is -0.624. The first kappa shape index (κ1) is 25.9. The lowest BCUT2D eigenvalue weighted by Gasteiger charge is -2.32. The van der Waals surface area contributed by atoms with Crippen molar-refractivity contribution in [3.05, 3.63) is 68.7 Å². The molecule has 2 aliphatic heterocycles. The van der Waals surface area contributed by atoms with E-state index in [1.54, 1.807) is 17.4 Å². The molecular formula is C30H34FNO4S. The zero-order valence-electron chi connectivity index (χ0n) is 21.4. The summed E-state index contributed by atoms with van der Waals surface area (Å²) in [6.45, 7) is 5.08. The number of nitrogens with zero attached hydrogens (tertiary/aromatic N) is 1. The first-order valence-corrected chi connectivity index (χ1v) is 14.2. The Bertz CT molecular complexity index is 1230. The standard InChI is InChI=1S/C30H34FNO4S/c1-3-6-20-15-22-28(30(35)32(29(22)34)16-21-7-5-12-37-21)23-17-36-26(27(20)23)11-9-18(4-2)13-19-8-10-25(33)24(31)14-19/h5,7-8,10,12-14,22-23,26,28,33H,3-4,6,9,11,15-17H2,1-2H3/b18-13+/t22-,23+,26-,28-/m1/s1. The van der Waals surface area contributed by atoms with Crippen LogP contribution in [0.25, 0.3) is 6.08 Å². The van der Waals surface area contributed by atoms with Crippen molar-refractivity contribution in [1.82, 2.24) is 4.90 Å². The lowest BCUT2D eigenvalue weighted by Crippen LogP contribution is -2.34. The summed E-state index contributed by atoms with van der Waals surface area (Å²) in [5.41, 5.74) is 4.47. The highest BCUT2D eigenvalue weighted by Gasteiger charge is 2.56. The summed E-state index contributed by atoms with van der Waals surface area (Å²) in [4.78, 5) is 29.4. The lowest BCUT2D eigenvalue weighted by molar-refractivity contribution is -0.140. The molecule has 37 heavy (non-hydrogen) atoms. The molecule has 5 rings (SSSR count). The molecule has 2 aromatic rings. The maximum Gasteiger partial charge on any atom is 0.234 e.